The van der Waals surface area contributed by atoms with E-state index in [9.17, 15) is 9.18 Å². The van der Waals surface area contributed by atoms with Crippen LogP contribution < -0.4 is 4.74 Å². The number of hydrogen-bond acceptors (Lipinski definition) is 4. The number of rotatable bonds is 6. The fourth-order valence-corrected chi connectivity index (χ4v) is 2.48. The van der Waals surface area contributed by atoms with Crippen LogP contribution in [-0.4, -0.2) is 11.0 Å². The van der Waals surface area contributed by atoms with E-state index < -0.39 is 11.8 Å². The van der Waals surface area contributed by atoms with Crippen molar-refractivity contribution in [3.63, 3.8) is 0 Å². The number of ether oxygens (including phenoxy) is 2. The van der Waals surface area contributed by atoms with Crippen molar-refractivity contribution in [1.82, 2.24) is 4.98 Å². The molecule has 0 amide bonds. The number of carbonyl (C=O) groups excluding carboxylic acids is 1. The zero-order valence-corrected chi connectivity index (χ0v) is 14.4. The van der Waals surface area contributed by atoms with E-state index in [-0.39, 0.29) is 17.2 Å². The highest BCUT2D eigenvalue weighted by atomic mass is 35.5. The summed E-state index contributed by atoms with van der Waals surface area (Å²) in [6.07, 6.45) is 1.71. The Morgan fingerprint density at radius 2 is 1.81 bits per heavy atom. The first-order valence-corrected chi connectivity index (χ1v) is 8.24. The van der Waals surface area contributed by atoms with Crippen LogP contribution in [0.5, 0.6) is 5.75 Å². The number of pyridine rings is 1. The molecule has 0 saturated heterocycles. The second kappa shape index (κ2) is 8.45. The van der Waals surface area contributed by atoms with Gasteiger partial charge in [0.15, 0.2) is 0 Å². The molecule has 3 rings (SSSR count). The minimum absolute atomic E-state index is 0.00399. The van der Waals surface area contributed by atoms with E-state index in [1.54, 1.807) is 30.5 Å². The molecule has 1 aromatic heterocycles. The van der Waals surface area contributed by atoms with Crippen LogP contribution in [0.3, 0.4) is 0 Å². The summed E-state index contributed by atoms with van der Waals surface area (Å²) in [5.74, 6) is -0.841. The van der Waals surface area contributed by atoms with Crippen LogP contribution in [0.15, 0.2) is 66.9 Å². The molecule has 0 spiro atoms. The van der Waals surface area contributed by atoms with E-state index in [2.05, 4.69) is 4.98 Å². The molecule has 3 aromatic rings. The number of halogens is 2. The average Bonchev–Trinajstić information content (AvgIpc) is 2.66. The van der Waals surface area contributed by atoms with Crippen molar-refractivity contribution in [2.24, 2.45) is 0 Å². The Labute approximate surface area is 155 Å². The Kier molecular flexibility index (Phi) is 5.81. The van der Waals surface area contributed by atoms with Gasteiger partial charge in [-0.1, -0.05) is 35.9 Å². The molecule has 0 unspecified atom stereocenters. The lowest BCUT2D eigenvalue weighted by Gasteiger charge is -2.09. The summed E-state index contributed by atoms with van der Waals surface area (Å²) in [5, 5.41) is 0.0215. The minimum atomic E-state index is -0.802. The summed E-state index contributed by atoms with van der Waals surface area (Å²) in [5.41, 5.74) is 1.31. The van der Waals surface area contributed by atoms with E-state index >= 15 is 0 Å². The van der Waals surface area contributed by atoms with E-state index in [1.165, 1.54) is 12.1 Å². The summed E-state index contributed by atoms with van der Waals surface area (Å²) >= 11 is 5.85. The van der Waals surface area contributed by atoms with Crippen molar-refractivity contribution < 1.29 is 18.7 Å². The Balaban J connectivity index is 1.55. The van der Waals surface area contributed by atoms with Gasteiger partial charge in [-0.3, -0.25) is 4.98 Å². The molecule has 26 heavy (non-hydrogen) atoms. The molecule has 0 atom stereocenters. The van der Waals surface area contributed by atoms with E-state index in [0.29, 0.717) is 12.4 Å². The fourth-order valence-electron chi connectivity index (χ4n) is 2.24. The molecule has 0 aliphatic carbocycles. The van der Waals surface area contributed by atoms with Crippen LogP contribution in [0, 0.1) is 5.82 Å². The van der Waals surface area contributed by atoms with Gasteiger partial charge in [0.05, 0.1) is 10.7 Å². The maximum absolute atomic E-state index is 13.7. The van der Waals surface area contributed by atoms with E-state index in [4.69, 9.17) is 21.1 Å². The average molecular weight is 372 g/mol. The van der Waals surface area contributed by atoms with Gasteiger partial charge in [0.25, 0.3) is 0 Å². The van der Waals surface area contributed by atoms with Crippen LogP contribution in [0.25, 0.3) is 0 Å². The molecule has 1 heterocycles. The van der Waals surface area contributed by atoms with Gasteiger partial charge in [-0.2, -0.15) is 0 Å². The first-order chi connectivity index (χ1) is 12.6. The van der Waals surface area contributed by atoms with Gasteiger partial charge in [0, 0.05) is 6.20 Å². The molecule has 0 saturated carbocycles. The topological polar surface area (TPSA) is 48.4 Å². The summed E-state index contributed by atoms with van der Waals surface area (Å²) < 4.78 is 24.5. The number of esters is 1. The summed E-state index contributed by atoms with van der Waals surface area (Å²) in [6, 6.07) is 16.7. The lowest BCUT2D eigenvalue weighted by Crippen LogP contribution is -2.08. The third-order valence-corrected chi connectivity index (χ3v) is 3.89. The first kappa shape index (κ1) is 17.9. The molecule has 0 aliphatic heterocycles. The molecule has 0 radical (unpaired) electrons. The van der Waals surface area contributed by atoms with Crippen LogP contribution in [-0.2, 0) is 18.0 Å². The zero-order chi connectivity index (χ0) is 18.4. The second-order valence-corrected chi connectivity index (χ2v) is 5.83. The highest BCUT2D eigenvalue weighted by Crippen LogP contribution is 2.21. The molecule has 0 bridgehead atoms. The van der Waals surface area contributed by atoms with Gasteiger partial charge in [0.1, 0.15) is 30.3 Å². The normalized spacial score (nSPS) is 10.4. The molecule has 2 aromatic carbocycles. The van der Waals surface area contributed by atoms with Gasteiger partial charge in [-0.05, 0) is 42.0 Å². The number of aromatic nitrogens is 1. The summed E-state index contributed by atoms with van der Waals surface area (Å²) in [4.78, 5) is 16.2. The zero-order valence-electron chi connectivity index (χ0n) is 13.7. The lowest BCUT2D eigenvalue weighted by atomic mass is 10.2. The van der Waals surface area contributed by atoms with Gasteiger partial charge in [-0.25, -0.2) is 9.18 Å². The van der Waals surface area contributed by atoms with Gasteiger partial charge >= 0.3 is 5.97 Å². The van der Waals surface area contributed by atoms with Crippen LogP contribution in [0.2, 0.25) is 5.02 Å². The Morgan fingerprint density at radius 1 is 1.00 bits per heavy atom. The molecular formula is C20H15ClFNO3. The van der Waals surface area contributed by atoms with Crippen molar-refractivity contribution >= 4 is 17.6 Å². The monoisotopic (exact) mass is 371 g/mol. The smallest absolute Gasteiger partial charge is 0.342 e. The Morgan fingerprint density at radius 3 is 2.50 bits per heavy atom. The summed E-state index contributed by atoms with van der Waals surface area (Å²) in [7, 11) is 0. The van der Waals surface area contributed by atoms with Gasteiger partial charge in [-0.15, -0.1) is 0 Å². The molecule has 0 fully saturated rings. The molecule has 6 heteroatoms. The highest BCUT2D eigenvalue weighted by Gasteiger charge is 2.17. The predicted octanol–water partition coefficient (Wildman–Crippen LogP) is 4.81. The van der Waals surface area contributed by atoms with Gasteiger partial charge < -0.3 is 9.47 Å². The standard InChI is InChI=1S/C20H15ClFNO3/c21-17-5-3-6-18(22)19(17)20(24)26-12-14-7-9-16(10-8-14)25-13-15-4-1-2-11-23-15/h1-11H,12-13H2. The molecule has 132 valence electrons. The van der Waals surface area contributed by atoms with Gasteiger partial charge in [0.2, 0.25) is 0 Å². The van der Waals surface area contributed by atoms with Crippen LogP contribution in [0.1, 0.15) is 21.6 Å². The maximum atomic E-state index is 13.7. The quantitative estimate of drug-likeness (QED) is 0.583. The summed E-state index contributed by atoms with van der Waals surface area (Å²) in [6.45, 7) is 0.366. The molecule has 0 N–H and O–H groups in total. The van der Waals surface area contributed by atoms with Crippen LogP contribution >= 0.6 is 11.6 Å². The largest absolute Gasteiger partial charge is 0.487 e. The second-order valence-electron chi connectivity index (χ2n) is 5.43. The minimum Gasteiger partial charge on any atom is -0.487 e. The third-order valence-electron chi connectivity index (χ3n) is 3.57. The predicted molar refractivity (Wildman–Crippen MR) is 95.5 cm³/mol. The van der Waals surface area contributed by atoms with Crippen molar-refractivity contribution in [3.05, 3.63) is 94.5 Å². The Bertz CT molecular complexity index is 865. The van der Waals surface area contributed by atoms with Crippen molar-refractivity contribution in [2.75, 3.05) is 0 Å². The third kappa shape index (κ3) is 4.58. The number of carbonyl (C=O) groups is 1. The molecular weight excluding hydrogens is 357 g/mol. The van der Waals surface area contributed by atoms with Crippen molar-refractivity contribution in [3.8, 4) is 5.75 Å². The van der Waals surface area contributed by atoms with Crippen molar-refractivity contribution in [1.29, 1.82) is 0 Å². The highest BCUT2D eigenvalue weighted by molar-refractivity contribution is 6.33. The fraction of sp³-hybridized carbons (Fsp3) is 0.100. The SMILES string of the molecule is O=C(OCc1ccc(OCc2ccccn2)cc1)c1c(F)cccc1Cl. The molecule has 4 nitrogen and oxygen atoms in total. The van der Waals surface area contributed by atoms with E-state index in [0.717, 1.165) is 17.3 Å². The Hall–Kier alpha value is -2.92. The number of nitrogens with zero attached hydrogens (tertiary/aromatic N) is 1. The number of benzene rings is 2. The van der Waals surface area contributed by atoms with Crippen molar-refractivity contribution in [2.45, 2.75) is 13.2 Å². The first-order valence-electron chi connectivity index (χ1n) is 7.86. The van der Waals surface area contributed by atoms with Crippen LogP contribution in [0.4, 0.5) is 4.39 Å². The lowest BCUT2D eigenvalue weighted by molar-refractivity contribution is 0.0467. The molecule has 0 aliphatic rings. The maximum Gasteiger partial charge on any atom is 0.342 e. The number of hydrogen-bond donors (Lipinski definition) is 0. The van der Waals surface area contributed by atoms with E-state index in [1.807, 2.05) is 18.2 Å².